The fraction of sp³-hybridized carbons (Fsp3) is 0.238. The van der Waals surface area contributed by atoms with Gasteiger partial charge in [0.1, 0.15) is 18.1 Å². The Morgan fingerprint density at radius 2 is 1.57 bits per heavy atom. The van der Waals surface area contributed by atoms with Gasteiger partial charge in [-0.2, -0.15) is 0 Å². The summed E-state index contributed by atoms with van der Waals surface area (Å²) in [6.07, 6.45) is 2.44. The zero-order chi connectivity index (χ0) is 35.7. The summed E-state index contributed by atoms with van der Waals surface area (Å²) in [7, 11) is 0. The Kier molecular flexibility index (Phi) is 11.9. The van der Waals surface area contributed by atoms with E-state index in [0.717, 1.165) is 42.9 Å². The average molecular weight is 723 g/mol. The number of pyridine rings is 1. The van der Waals surface area contributed by atoms with E-state index in [2.05, 4.69) is 59.8 Å². The van der Waals surface area contributed by atoms with Crippen LogP contribution in [0.4, 0.5) is 0 Å². The highest BCUT2D eigenvalue weighted by Gasteiger charge is 2.24. The van der Waals surface area contributed by atoms with Crippen molar-refractivity contribution in [3.05, 3.63) is 153 Å². The summed E-state index contributed by atoms with van der Waals surface area (Å²) in [6, 6.07) is 31.5. The van der Waals surface area contributed by atoms with Crippen molar-refractivity contribution in [3.8, 4) is 23.1 Å². The van der Waals surface area contributed by atoms with Crippen LogP contribution < -0.4 is 14.2 Å². The standard InChI is InChI=1S/C42H41Cl2N3O4/c1-29-7-6-9-36(23-29)49-22-17-32-11-13-33(14-12-32)27-46-18-20-47(21-19-46)42(48)31(3)35-24-30(2)41(39(44)25-35)51-40-16-15-37(26-45-40)50-28-34-8-4-5-10-38(34)43/h4-16,23-26H,3,17-22,27-28H2,1-2H3. The van der Waals surface area contributed by atoms with E-state index >= 15 is 0 Å². The van der Waals surface area contributed by atoms with E-state index in [1.165, 1.54) is 16.7 Å². The van der Waals surface area contributed by atoms with Gasteiger partial charge in [-0.3, -0.25) is 9.69 Å². The van der Waals surface area contributed by atoms with Crippen molar-refractivity contribution in [1.82, 2.24) is 14.8 Å². The summed E-state index contributed by atoms with van der Waals surface area (Å²) in [5.74, 6) is 2.23. The van der Waals surface area contributed by atoms with E-state index in [1.807, 2.05) is 54.3 Å². The molecule has 1 aromatic heterocycles. The molecule has 1 aliphatic rings. The smallest absolute Gasteiger partial charge is 0.253 e. The molecule has 6 rings (SSSR count). The van der Waals surface area contributed by atoms with Crippen LogP contribution in [0.15, 0.2) is 110 Å². The molecule has 5 aromatic rings. The van der Waals surface area contributed by atoms with Crippen molar-refractivity contribution >= 4 is 34.7 Å². The second kappa shape index (κ2) is 16.9. The zero-order valence-corrected chi connectivity index (χ0v) is 30.4. The molecule has 1 amide bonds. The molecule has 4 aromatic carbocycles. The number of aromatic nitrogens is 1. The van der Waals surface area contributed by atoms with E-state index in [-0.39, 0.29) is 5.91 Å². The van der Waals surface area contributed by atoms with E-state index in [4.69, 9.17) is 37.4 Å². The highest BCUT2D eigenvalue weighted by atomic mass is 35.5. The highest BCUT2D eigenvalue weighted by Crippen LogP contribution is 2.35. The lowest BCUT2D eigenvalue weighted by molar-refractivity contribution is -0.126. The fourth-order valence-electron chi connectivity index (χ4n) is 5.91. The number of halogens is 2. The molecule has 0 bridgehead atoms. The first-order chi connectivity index (χ1) is 24.7. The molecule has 0 N–H and O–H groups in total. The molecule has 2 heterocycles. The predicted octanol–water partition coefficient (Wildman–Crippen LogP) is 9.36. The molecule has 0 atom stereocenters. The van der Waals surface area contributed by atoms with Crippen molar-refractivity contribution in [2.75, 3.05) is 32.8 Å². The molecule has 51 heavy (non-hydrogen) atoms. The molecule has 1 fully saturated rings. The first-order valence-electron chi connectivity index (χ1n) is 17.0. The summed E-state index contributed by atoms with van der Waals surface area (Å²) >= 11 is 12.9. The second-order valence-corrected chi connectivity index (χ2v) is 13.5. The van der Waals surface area contributed by atoms with Crippen LogP contribution in [0.3, 0.4) is 0 Å². The molecule has 0 unspecified atom stereocenters. The summed E-state index contributed by atoms with van der Waals surface area (Å²) in [5.41, 5.74) is 6.41. The number of rotatable bonds is 13. The van der Waals surface area contributed by atoms with Gasteiger partial charge < -0.3 is 19.1 Å². The minimum absolute atomic E-state index is 0.0925. The van der Waals surface area contributed by atoms with Crippen LogP contribution in [0.25, 0.3) is 5.57 Å². The number of aryl methyl sites for hydroxylation is 2. The van der Waals surface area contributed by atoms with E-state index < -0.39 is 0 Å². The number of amides is 1. The van der Waals surface area contributed by atoms with Crippen LogP contribution in [0.1, 0.15) is 33.4 Å². The van der Waals surface area contributed by atoms with Gasteiger partial charge in [0.05, 0.1) is 17.8 Å². The lowest BCUT2D eigenvalue weighted by Crippen LogP contribution is -2.48. The van der Waals surface area contributed by atoms with Gasteiger partial charge in [-0.05, 0) is 78.1 Å². The Hall–Kier alpha value is -4.82. The number of piperazine rings is 1. The molecule has 9 heteroatoms. The number of ether oxygens (including phenoxy) is 3. The average Bonchev–Trinajstić information content (AvgIpc) is 3.14. The third-order valence-electron chi connectivity index (χ3n) is 8.84. The van der Waals surface area contributed by atoms with Crippen LogP contribution in [-0.4, -0.2) is 53.5 Å². The Balaban J connectivity index is 0.962. The van der Waals surface area contributed by atoms with Gasteiger partial charge in [-0.15, -0.1) is 0 Å². The van der Waals surface area contributed by atoms with Gasteiger partial charge in [0, 0.05) is 61.4 Å². The maximum Gasteiger partial charge on any atom is 0.253 e. The topological polar surface area (TPSA) is 64.1 Å². The highest BCUT2D eigenvalue weighted by molar-refractivity contribution is 6.33. The molecular weight excluding hydrogens is 681 g/mol. The molecule has 262 valence electrons. The third-order valence-corrected chi connectivity index (χ3v) is 9.49. The lowest BCUT2D eigenvalue weighted by atomic mass is 10.0. The number of carbonyl (C=O) groups excluding carboxylic acids is 1. The third kappa shape index (κ3) is 9.70. The maximum atomic E-state index is 13.5. The number of nitrogens with zero attached hydrogens (tertiary/aromatic N) is 3. The molecule has 0 radical (unpaired) electrons. The van der Waals surface area contributed by atoms with Crippen molar-refractivity contribution in [2.24, 2.45) is 0 Å². The first kappa shape index (κ1) is 36.0. The van der Waals surface area contributed by atoms with Crippen LogP contribution in [0.5, 0.6) is 23.1 Å². The largest absolute Gasteiger partial charge is 0.493 e. The van der Waals surface area contributed by atoms with Crippen molar-refractivity contribution in [1.29, 1.82) is 0 Å². The molecule has 0 saturated carbocycles. The maximum absolute atomic E-state index is 13.5. The van der Waals surface area contributed by atoms with E-state index in [0.29, 0.717) is 64.9 Å². The Morgan fingerprint density at radius 3 is 2.27 bits per heavy atom. The monoisotopic (exact) mass is 721 g/mol. The minimum atomic E-state index is -0.0925. The van der Waals surface area contributed by atoms with Crippen molar-refractivity contribution in [2.45, 2.75) is 33.4 Å². The van der Waals surface area contributed by atoms with Crippen LogP contribution in [-0.2, 0) is 24.4 Å². The fourth-order valence-corrected chi connectivity index (χ4v) is 6.41. The summed E-state index contributed by atoms with van der Waals surface area (Å²) in [6.45, 7) is 12.7. The molecule has 7 nitrogen and oxygen atoms in total. The number of carbonyl (C=O) groups is 1. The molecule has 1 aliphatic heterocycles. The van der Waals surface area contributed by atoms with Crippen molar-refractivity contribution < 1.29 is 19.0 Å². The van der Waals surface area contributed by atoms with Crippen molar-refractivity contribution in [3.63, 3.8) is 0 Å². The van der Waals surface area contributed by atoms with Gasteiger partial charge in [0.25, 0.3) is 5.91 Å². The molecule has 1 saturated heterocycles. The van der Waals surface area contributed by atoms with Gasteiger partial charge in [0.2, 0.25) is 5.88 Å². The zero-order valence-electron chi connectivity index (χ0n) is 28.9. The summed E-state index contributed by atoms with van der Waals surface area (Å²) in [4.78, 5) is 22.1. The van der Waals surface area contributed by atoms with E-state index in [1.54, 1.807) is 24.4 Å². The predicted molar refractivity (Wildman–Crippen MR) is 204 cm³/mol. The van der Waals surface area contributed by atoms with Crippen LogP contribution in [0.2, 0.25) is 10.0 Å². The molecule has 0 aliphatic carbocycles. The van der Waals surface area contributed by atoms with Gasteiger partial charge >= 0.3 is 0 Å². The Bertz CT molecular complexity index is 1950. The van der Waals surface area contributed by atoms with Crippen LogP contribution >= 0.6 is 23.2 Å². The van der Waals surface area contributed by atoms with Gasteiger partial charge in [-0.1, -0.05) is 84.4 Å². The second-order valence-electron chi connectivity index (χ2n) is 12.7. The number of hydrogen-bond donors (Lipinski definition) is 0. The quantitative estimate of drug-likeness (QED) is 0.113. The SMILES string of the molecule is C=C(C(=O)N1CCN(Cc2ccc(CCOc3cccc(C)c3)cc2)CC1)c1cc(C)c(Oc2ccc(OCc3ccccc3Cl)cn2)c(Cl)c1. The number of benzene rings is 4. The normalized spacial score (nSPS) is 13.1. The lowest BCUT2D eigenvalue weighted by Gasteiger charge is -2.35. The Labute approximate surface area is 310 Å². The summed E-state index contributed by atoms with van der Waals surface area (Å²) < 4.78 is 17.8. The summed E-state index contributed by atoms with van der Waals surface area (Å²) in [5, 5.41) is 1.02. The Morgan fingerprint density at radius 1 is 0.804 bits per heavy atom. The van der Waals surface area contributed by atoms with Gasteiger partial charge in [-0.25, -0.2) is 4.98 Å². The first-order valence-corrected chi connectivity index (χ1v) is 17.8. The molecular formula is C42H41Cl2N3O4. The van der Waals surface area contributed by atoms with Gasteiger partial charge in [0.15, 0.2) is 5.75 Å². The van der Waals surface area contributed by atoms with E-state index in [9.17, 15) is 4.79 Å². The molecule has 0 spiro atoms. The number of hydrogen-bond acceptors (Lipinski definition) is 6. The van der Waals surface area contributed by atoms with Crippen LogP contribution in [0, 0.1) is 13.8 Å². The minimum Gasteiger partial charge on any atom is -0.493 e.